The van der Waals surface area contributed by atoms with Crippen molar-refractivity contribution in [3.63, 3.8) is 0 Å². The number of rotatable bonds is 2. The lowest BCUT2D eigenvalue weighted by Crippen LogP contribution is -2.29. The summed E-state index contributed by atoms with van der Waals surface area (Å²) < 4.78 is 0. The summed E-state index contributed by atoms with van der Waals surface area (Å²) >= 11 is 0. The standard InChI is InChI=1S/C10H19NO/c1-9(2)11-12-10(3)7-5-4-6-8-10/h4-8H2,1-3H3. The third-order valence-corrected chi connectivity index (χ3v) is 2.36. The summed E-state index contributed by atoms with van der Waals surface area (Å²) in [5.41, 5.74) is 1.02. The summed E-state index contributed by atoms with van der Waals surface area (Å²) in [5.74, 6) is 0. The molecule has 1 rings (SSSR count). The molecule has 0 aliphatic heterocycles. The lowest BCUT2D eigenvalue weighted by molar-refractivity contribution is -0.0542. The number of oxime groups is 1. The molecule has 0 heterocycles. The Kier molecular flexibility index (Phi) is 3.12. The van der Waals surface area contributed by atoms with Gasteiger partial charge in [-0.15, -0.1) is 0 Å². The minimum atomic E-state index is 0.0233. The summed E-state index contributed by atoms with van der Waals surface area (Å²) in [4.78, 5) is 5.52. The highest BCUT2D eigenvalue weighted by molar-refractivity contribution is 5.78. The Morgan fingerprint density at radius 2 is 1.75 bits per heavy atom. The van der Waals surface area contributed by atoms with Crippen molar-refractivity contribution < 1.29 is 4.84 Å². The molecule has 0 aromatic rings. The van der Waals surface area contributed by atoms with Crippen LogP contribution in [0.3, 0.4) is 0 Å². The third-order valence-electron chi connectivity index (χ3n) is 2.36. The smallest absolute Gasteiger partial charge is 0.135 e. The Balaban J connectivity index is 2.41. The lowest BCUT2D eigenvalue weighted by Gasteiger charge is -2.30. The van der Waals surface area contributed by atoms with Crippen LogP contribution in [0.4, 0.5) is 0 Å². The van der Waals surface area contributed by atoms with Crippen LogP contribution in [-0.2, 0) is 4.84 Å². The molecule has 0 radical (unpaired) electrons. The van der Waals surface area contributed by atoms with Crippen molar-refractivity contribution in [2.75, 3.05) is 0 Å². The molecule has 1 aliphatic carbocycles. The average molecular weight is 169 g/mol. The quantitative estimate of drug-likeness (QED) is 0.459. The van der Waals surface area contributed by atoms with Crippen LogP contribution >= 0.6 is 0 Å². The topological polar surface area (TPSA) is 21.6 Å². The summed E-state index contributed by atoms with van der Waals surface area (Å²) in [6, 6.07) is 0. The first kappa shape index (κ1) is 9.56. The first-order valence-corrected chi connectivity index (χ1v) is 4.82. The van der Waals surface area contributed by atoms with E-state index in [4.69, 9.17) is 4.84 Å². The fourth-order valence-electron chi connectivity index (χ4n) is 1.59. The highest BCUT2D eigenvalue weighted by Crippen LogP contribution is 2.31. The number of nitrogens with zero attached hydrogens (tertiary/aromatic N) is 1. The SMILES string of the molecule is CC(C)=NOC1(C)CCCCC1. The molecule has 0 atom stereocenters. The summed E-state index contributed by atoms with van der Waals surface area (Å²) in [6.07, 6.45) is 6.24. The van der Waals surface area contributed by atoms with E-state index in [1.807, 2.05) is 13.8 Å². The zero-order valence-corrected chi connectivity index (χ0v) is 8.39. The Hall–Kier alpha value is -0.530. The van der Waals surface area contributed by atoms with Crippen LogP contribution < -0.4 is 0 Å². The van der Waals surface area contributed by atoms with Crippen LogP contribution in [0, 0.1) is 0 Å². The van der Waals surface area contributed by atoms with Gasteiger partial charge in [-0.1, -0.05) is 11.6 Å². The molecule has 0 aromatic heterocycles. The molecule has 0 amide bonds. The van der Waals surface area contributed by atoms with Gasteiger partial charge in [0.1, 0.15) is 5.60 Å². The van der Waals surface area contributed by atoms with Gasteiger partial charge in [-0.3, -0.25) is 0 Å². The first-order chi connectivity index (χ1) is 5.62. The van der Waals surface area contributed by atoms with Crippen LogP contribution in [0.1, 0.15) is 52.9 Å². The second kappa shape index (κ2) is 3.92. The van der Waals surface area contributed by atoms with E-state index in [0.29, 0.717) is 0 Å². The van der Waals surface area contributed by atoms with Crippen LogP contribution in [0.5, 0.6) is 0 Å². The van der Waals surface area contributed by atoms with Crippen LogP contribution in [0.2, 0.25) is 0 Å². The van der Waals surface area contributed by atoms with E-state index in [9.17, 15) is 0 Å². The molecule has 2 nitrogen and oxygen atoms in total. The van der Waals surface area contributed by atoms with E-state index in [2.05, 4.69) is 12.1 Å². The lowest BCUT2D eigenvalue weighted by atomic mass is 9.87. The van der Waals surface area contributed by atoms with Gasteiger partial charge in [-0.25, -0.2) is 0 Å². The molecule has 0 N–H and O–H groups in total. The molecule has 12 heavy (non-hydrogen) atoms. The predicted molar refractivity (Wildman–Crippen MR) is 51.4 cm³/mol. The maximum Gasteiger partial charge on any atom is 0.135 e. The molecular formula is C10H19NO. The van der Waals surface area contributed by atoms with Crippen molar-refractivity contribution in [2.24, 2.45) is 5.16 Å². The summed E-state index contributed by atoms with van der Waals surface area (Å²) in [5, 5.41) is 4.04. The summed E-state index contributed by atoms with van der Waals surface area (Å²) in [6.45, 7) is 6.09. The van der Waals surface area contributed by atoms with E-state index in [0.717, 1.165) is 18.6 Å². The monoisotopic (exact) mass is 169 g/mol. The van der Waals surface area contributed by atoms with E-state index in [1.165, 1.54) is 19.3 Å². The molecular weight excluding hydrogens is 150 g/mol. The maximum absolute atomic E-state index is 5.52. The van der Waals surface area contributed by atoms with Crippen LogP contribution in [0.15, 0.2) is 5.16 Å². The largest absolute Gasteiger partial charge is 0.390 e. The molecule has 1 aliphatic rings. The Morgan fingerprint density at radius 3 is 2.25 bits per heavy atom. The normalized spacial score (nSPS) is 21.6. The predicted octanol–water partition coefficient (Wildman–Crippen LogP) is 3.12. The number of hydrogen-bond donors (Lipinski definition) is 0. The minimum absolute atomic E-state index is 0.0233. The Bertz CT molecular complexity index is 165. The van der Waals surface area contributed by atoms with Crippen molar-refractivity contribution in [3.8, 4) is 0 Å². The first-order valence-electron chi connectivity index (χ1n) is 4.82. The van der Waals surface area contributed by atoms with Crippen molar-refractivity contribution in [3.05, 3.63) is 0 Å². The molecule has 0 aromatic carbocycles. The summed E-state index contributed by atoms with van der Waals surface area (Å²) in [7, 11) is 0. The van der Waals surface area contributed by atoms with Gasteiger partial charge >= 0.3 is 0 Å². The Labute approximate surface area is 75.0 Å². The van der Waals surface area contributed by atoms with Gasteiger partial charge in [-0.05, 0) is 46.5 Å². The second-order valence-corrected chi connectivity index (χ2v) is 4.14. The van der Waals surface area contributed by atoms with E-state index < -0.39 is 0 Å². The zero-order valence-electron chi connectivity index (χ0n) is 8.39. The van der Waals surface area contributed by atoms with Gasteiger partial charge in [0.25, 0.3) is 0 Å². The Morgan fingerprint density at radius 1 is 1.17 bits per heavy atom. The zero-order chi connectivity index (χ0) is 9.03. The second-order valence-electron chi connectivity index (χ2n) is 4.14. The van der Waals surface area contributed by atoms with Crippen molar-refractivity contribution in [1.29, 1.82) is 0 Å². The maximum atomic E-state index is 5.52. The average Bonchev–Trinajstić information content (AvgIpc) is 2.03. The third kappa shape index (κ3) is 2.84. The van der Waals surface area contributed by atoms with Crippen molar-refractivity contribution in [2.45, 2.75) is 58.5 Å². The molecule has 1 saturated carbocycles. The number of hydrogen-bond acceptors (Lipinski definition) is 2. The minimum Gasteiger partial charge on any atom is -0.390 e. The molecule has 2 heteroatoms. The van der Waals surface area contributed by atoms with Gasteiger partial charge in [0.05, 0.1) is 5.71 Å². The highest BCUT2D eigenvalue weighted by Gasteiger charge is 2.28. The van der Waals surface area contributed by atoms with E-state index >= 15 is 0 Å². The van der Waals surface area contributed by atoms with Crippen LogP contribution in [-0.4, -0.2) is 11.3 Å². The van der Waals surface area contributed by atoms with Crippen molar-refractivity contribution >= 4 is 5.71 Å². The molecule has 1 fully saturated rings. The van der Waals surface area contributed by atoms with Gasteiger partial charge in [-0.2, -0.15) is 0 Å². The molecule has 0 saturated heterocycles. The molecule has 0 bridgehead atoms. The van der Waals surface area contributed by atoms with E-state index in [-0.39, 0.29) is 5.60 Å². The van der Waals surface area contributed by atoms with Crippen LogP contribution in [0.25, 0.3) is 0 Å². The molecule has 70 valence electrons. The fraction of sp³-hybridized carbons (Fsp3) is 0.900. The van der Waals surface area contributed by atoms with E-state index in [1.54, 1.807) is 0 Å². The highest BCUT2D eigenvalue weighted by atomic mass is 16.6. The molecule has 0 unspecified atom stereocenters. The fourth-order valence-corrected chi connectivity index (χ4v) is 1.59. The van der Waals surface area contributed by atoms with Gasteiger partial charge in [0.15, 0.2) is 0 Å². The van der Waals surface area contributed by atoms with Crippen molar-refractivity contribution in [1.82, 2.24) is 0 Å². The van der Waals surface area contributed by atoms with Gasteiger partial charge < -0.3 is 4.84 Å². The van der Waals surface area contributed by atoms with Gasteiger partial charge in [0.2, 0.25) is 0 Å². The molecule has 0 spiro atoms. The van der Waals surface area contributed by atoms with Gasteiger partial charge in [0, 0.05) is 0 Å².